The SMILES string of the molecule is COc1cc(C(=O)NN(C(=O)c2ccccc2)C2CC(=O)N(c3ccccc3)C2=O)cc(OC)c1OC. The average molecular weight is 504 g/mol. The molecule has 1 heterocycles. The Morgan fingerprint density at radius 1 is 0.838 bits per heavy atom. The van der Waals surface area contributed by atoms with Crippen LogP contribution in [0.25, 0.3) is 0 Å². The number of rotatable bonds is 7. The molecule has 0 aliphatic carbocycles. The van der Waals surface area contributed by atoms with Gasteiger partial charge in [0.15, 0.2) is 11.5 Å². The van der Waals surface area contributed by atoms with Gasteiger partial charge >= 0.3 is 0 Å². The van der Waals surface area contributed by atoms with E-state index in [-0.39, 0.29) is 34.8 Å². The molecule has 37 heavy (non-hydrogen) atoms. The molecule has 0 radical (unpaired) electrons. The highest BCUT2D eigenvalue weighted by atomic mass is 16.5. The van der Waals surface area contributed by atoms with Crippen molar-refractivity contribution in [3.8, 4) is 17.2 Å². The lowest BCUT2D eigenvalue weighted by Gasteiger charge is -2.28. The molecule has 0 spiro atoms. The van der Waals surface area contributed by atoms with Crippen molar-refractivity contribution in [2.45, 2.75) is 12.5 Å². The van der Waals surface area contributed by atoms with Gasteiger partial charge in [0.05, 0.1) is 33.4 Å². The number of benzene rings is 3. The van der Waals surface area contributed by atoms with Crippen LogP contribution < -0.4 is 24.5 Å². The molecule has 4 rings (SSSR count). The summed E-state index contributed by atoms with van der Waals surface area (Å²) >= 11 is 0. The van der Waals surface area contributed by atoms with Crippen molar-refractivity contribution in [3.05, 3.63) is 83.9 Å². The van der Waals surface area contributed by atoms with Gasteiger partial charge in [0.2, 0.25) is 11.7 Å². The van der Waals surface area contributed by atoms with E-state index in [9.17, 15) is 19.2 Å². The van der Waals surface area contributed by atoms with Crippen molar-refractivity contribution in [3.63, 3.8) is 0 Å². The molecule has 0 aromatic heterocycles. The number of hydrogen-bond donors (Lipinski definition) is 1. The van der Waals surface area contributed by atoms with E-state index >= 15 is 0 Å². The first kappa shape index (κ1) is 25.2. The molecule has 190 valence electrons. The number of ether oxygens (including phenoxy) is 3. The minimum atomic E-state index is -1.26. The maximum absolute atomic E-state index is 13.5. The fourth-order valence-electron chi connectivity index (χ4n) is 4.04. The van der Waals surface area contributed by atoms with E-state index in [1.54, 1.807) is 60.7 Å². The number of imide groups is 1. The molecule has 1 saturated heterocycles. The van der Waals surface area contributed by atoms with Crippen LogP contribution >= 0.6 is 0 Å². The van der Waals surface area contributed by atoms with Crippen molar-refractivity contribution >= 4 is 29.3 Å². The topological polar surface area (TPSA) is 114 Å². The molecule has 1 aliphatic rings. The number of para-hydroxylation sites is 1. The summed E-state index contributed by atoms with van der Waals surface area (Å²) in [7, 11) is 4.25. The Morgan fingerprint density at radius 3 is 1.95 bits per heavy atom. The zero-order chi connectivity index (χ0) is 26.5. The quantitative estimate of drug-likeness (QED) is 0.390. The molecule has 4 amide bonds. The molecule has 0 bridgehead atoms. The van der Waals surface area contributed by atoms with Crippen LogP contribution in [-0.2, 0) is 9.59 Å². The number of hydrazine groups is 1. The van der Waals surface area contributed by atoms with Gasteiger partial charge in [-0.25, -0.2) is 9.91 Å². The second kappa shape index (κ2) is 10.8. The highest BCUT2D eigenvalue weighted by Gasteiger charge is 2.45. The molecule has 0 saturated carbocycles. The predicted octanol–water partition coefficient (Wildman–Crippen LogP) is 2.83. The first-order valence-corrected chi connectivity index (χ1v) is 11.3. The molecule has 1 atom stereocenters. The minimum Gasteiger partial charge on any atom is -0.493 e. The van der Waals surface area contributed by atoms with Crippen molar-refractivity contribution in [2.24, 2.45) is 0 Å². The van der Waals surface area contributed by atoms with Gasteiger partial charge in [0, 0.05) is 11.1 Å². The van der Waals surface area contributed by atoms with Gasteiger partial charge in [-0.05, 0) is 36.4 Å². The summed E-state index contributed by atoms with van der Waals surface area (Å²) < 4.78 is 15.9. The second-order valence-electron chi connectivity index (χ2n) is 8.02. The van der Waals surface area contributed by atoms with Crippen LogP contribution in [0, 0.1) is 0 Å². The molecular weight excluding hydrogens is 478 g/mol. The standard InChI is InChI=1S/C27H25N3O7/c1-35-21-14-18(15-22(36-2)24(21)37-3)25(32)28-30(26(33)17-10-6-4-7-11-17)20-16-23(31)29(27(20)34)19-12-8-5-9-13-19/h4-15,20H,16H2,1-3H3,(H,28,32). The molecule has 1 aliphatic heterocycles. The van der Waals surface area contributed by atoms with Gasteiger partial charge in [0.25, 0.3) is 17.7 Å². The molecular formula is C27H25N3O7. The monoisotopic (exact) mass is 503 g/mol. The molecule has 3 aromatic rings. The Morgan fingerprint density at radius 2 is 1.41 bits per heavy atom. The summed E-state index contributed by atoms with van der Waals surface area (Å²) in [5, 5.41) is 0.907. The highest BCUT2D eigenvalue weighted by Crippen LogP contribution is 2.38. The molecule has 10 heteroatoms. The van der Waals surface area contributed by atoms with Crippen LogP contribution in [0.4, 0.5) is 5.69 Å². The minimum absolute atomic E-state index is 0.0806. The Bertz CT molecular complexity index is 1300. The highest BCUT2D eigenvalue weighted by molar-refractivity contribution is 6.23. The fraction of sp³-hybridized carbons (Fsp3) is 0.185. The average Bonchev–Trinajstić information content (AvgIpc) is 3.24. The fourth-order valence-corrected chi connectivity index (χ4v) is 4.04. The van der Waals surface area contributed by atoms with Gasteiger partial charge in [-0.2, -0.15) is 0 Å². The molecule has 1 fully saturated rings. The summed E-state index contributed by atoms with van der Waals surface area (Å²) in [6.07, 6.45) is -0.304. The van der Waals surface area contributed by atoms with Gasteiger partial charge < -0.3 is 14.2 Å². The summed E-state index contributed by atoms with van der Waals surface area (Å²) in [5.74, 6) is -1.75. The largest absolute Gasteiger partial charge is 0.493 e. The first-order valence-electron chi connectivity index (χ1n) is 11.3. The van der Waals surface area contributed by atoms with Crippen LogP contribution in [0.2, 0.25) is 0 Å². The smallest absolute Gasteiger partial charge is 0.273 e. The van der Waals surface area contributed by atoms with Gasteiger partial charge in [-0.15, -0.1) is 0 Å². The first-order chi connectivity index (χ1) is 17.9. The number of carbonyl (C=O) groups is 4. The lowest BCUT2D eigenvalue weighted by Crippen LogP contribution is -2.54. The number of nitrogens with zero attached hydrogens (tertiary/aromatic N) is 2. The van der Waals surface area contributed by atoms with Crippen molar-refractivity contribution in [2.75, 3.05) is 26.2 Å². The number of amides is 4. The number of carbonyl (C=O) groups excluding carboxylic acids is 4. The van der Waals surface area contributed by atoms with Crippen LogP contribution in [-0.4, -0.2) is 56.0 Å². The van der Waals surface area contributed by atoms with Crippen molar-refractivity contribution < 1.29 is 33.4 Å². The number of anilines is 1. The third kappa shape index (κ3) is 4.94. The van der Waals surface area contributed by atoms with Gasteiger partial charge in [-0.1, -0.05) is 36.4 Å². The van der Waals surface area contributed by atoms with E-state index in [1.165, 1.54) is 33.5 Å². The van der Waals surface area contributed by atoms with Crippen LogP contribution in [0.15, 0.2) is 72.8 Å². The Hall–Kier alpha value is -4.86. The zero-order valence-electron chi connectivity index (χ0n) is 20.5. The Labute approximate surface area is 213 Å². The molecule has 1 unspecified atom stereocenters. The van der Waals surface area contributed by atoms with E-state index in [2.05, 4.69) is 5.43 Å². The lowest BCUT2D eigenvalue weighted by atomic mass is 10.1. The summed E-state index contributed by atoms with van der Waals surface area (Å²) in [5.41, 5.74) is 3.22. The van der Waals surface area contributed by atoms with Gasteiger partial charge in [0.1, 0.15) is 6.04 Å². The third-order valence-corrected chi connectivity index (χ3v) is 5.84. The van der Waals surface area contributed by atoms with E-state index < -0.39 is 29.7 Å². The van der Waals surface area contributed by atoms with Crippen molar-refractivity contribution in [1.82, 2.24) is 10.4 Å². The number of methoxy groups -OCH3 is 3. The second-order valence-corrected chi connectivity index (χ2v) is 8.02. The Kier molecular flexibility index (Phi) is 7.38. The van der Waals surface area contributed by atoms with Crippen LogP contribution in [0.1, 0.15) is 27.1 Å². The normalized spacial score (nSPS) is 14.8. The van der Waals surface area contributed by atoms with Crippen molar-refractivity contribution in [1.29, 1.82) is 0 Å². The van der Waals surface area contributed by atoms with Crippen LogP contribution in [0.3, 0.4) is 0 Å². The summed E-state index contributed by atoms with van der Waals surface area (Å²) in [6, 6.07) is 18.1. The maximum Gasteiger partial charge on any atom is 0.273 e. The molecule has 3 aromatic carbocycles. The zero-order valence-corrected chi connectivity index (χ0v) is 20.5. The lowest BCUT2D eigenvalue weighted by molar-refractivity contribution is -0.122. The van der Waals surface area contributed by atoms with E-state index in [0.29, 0.717) is 5.69 Å². The summed E-state index contributed by atoms with van der Waals surface area (Å²) in [6.45, 7) is 0. The molecule has 1 N–H and O–H groups in total. The summed E-state index contributed by atoms with van der Waals surface area (Å²) in [4.78, 5) is 54.1. The van der Waals surface area contributed by atoms with E-state index in [0.717, 1.165) is 9.91 Å². The third-order valence-electron chi connectivity index (χ3n) is 5.84. The number of hydrogen-bond acceptors (Lipinski definition) is 7. The molecule has 10 nitrogen and oxygen atoms in total. The maximum atomic E-state index is 13.5. The van der Waals surface area contributed by atoms with Crippen LogP contribution in [0.5, 0.6) is 17.2 Å². The van der Waals surface area contributed by atoms with E-state index in [4.69, 9.17) is 14.2 Å². The van der Waals surface area contributed by atoms with Gasteiger partial charge in [-0.3, -0.25) is 24.6 Å². The predicted molar refractivity (Wildman–Crippen MR) is 134 cm³/mol. The number of nitrogens with one attached hydrogen (secondary N) is 1. The Balaban J connectivity index is 1.71. The van der Waals surface area contributed by atoms with E-state index in [1.807, 2.05) is 0 Å².